The number of carbonyl (C=O) groups is 1. The van der Waals surface area contributed by atoms with Crippen molar-refractivity contribution >= 4 is 11.8 Å². The Bertz CT molecular complexity index is 372. The minimum absolute atomic E-state index is 0.187. The van der Waals surface area contributed by atoms with Crippen LogP contribution in [0.5, 0.6) is 0 Å². The topological polar surface area (TPSA) is 73.4 Å². The van der Waals surface area contributed by atoms with Gasteiger partial charge in [0.05, 0.1) is 13.4 Å². The van der Waals surface area contributed by atoms with E-state index in [4.69, 9.17) is 5.73 Å². The number of hydrogen-bond donors (Lipinski definition) is 1. The molecular weight excluding hydrogens is 220 g/mol. The van der Waals surface area contributed by atoms with Crippen molar-refractivity contribution in [2.45, 2.75) is 20.4 Å². The summed E-state index contributed by atoms with van der Waals surface area (Å²) < 4.78 is 6.36. The van der Waals surface area contributed by atoms with Crippen molar-refractivity contribution in [3.63, 3.8) is 0 Å². The van der Waals surface area contributed by atoms with Gasteiger partial charge in [0, 0.05) is 13.1 Å². The SMILES string of the molecule is CCN(CC)CCn1cnc(C(=O)OC)c1N. The Morgan fingerprint density at radius 1 is 1.53 bits per heavy atom. The third kappa shape index (κ3) is 3.20. The van der Waals surface area contributed by atoms with Crippen LogP contribution in [0.15, 0.2) is 6.33 Å². The summed E-state index contributed by atoms with van der Waals surface area (Å²) in [6, 6.07) is 0. The van der Waals surface area contributed by atoms with Gasteiger partial charge in [-0.1, -0.05) is 13.8 Å². The number of nitrogens with two attached hydrogens (primary N) is 1. The molecule has 6 heteroatoms. The van der Waals surface area contributed by atoms with Crippen molar-refractivity contribution in [2.75, 3.05) is 32.5 Å². The summed E-state index contributed by atoms with van der Waals surface area (Å²) in [4.78, 5) is 17.5. The van der Waals surface area contributed by atoms with Crippen LogP contribution in [0.4, 0.5) is 5.82 Å². The fraction of sp³-hybridized carbons (Fsp3) is 0.636. The standard InChI is InChI=1S/C11H20N4O2/c1-4-14(5-2)6-7-15-8-13-9(10(15)12)11(16)17-3/h8H,4-7,12H2,1-3H3. The predicted molar refractivity (Wildman–Crippen MR) is 65.8 cm³/mol. The van der Waals surface area contributed by atoms with E-state index in [1.807, 2.05) is 0 Å². The zero-order valence-corrected chi connectivity index (χ0v) is 10.6. The monoisotopic (exact) mass is 240 g/mol. The van der Waals surface area contributed by atoms with E-state index in [1.165, 1.54) is 7.11 Å². The van der Waals surface area contributed by atoms with Crippen LogP contribution >= 0.6 is 0 Å². The normalized spacial score (nSPS) is 10.8. The summed E-state index contributed by atoms with van der Waals surface area (Å²) in [5.74, 6) is -0.131. The molecule has 0 amide bonds. The van der Waals surface area contributed by atoms with Crippen molar-refractivity contribution in [1.29, 1.82) is 0 Å². The molecule has 0 aliphatic carbocycles. The number of imidazole rings is 1. The number of nitrogens with zero attached hydrogens (tertiary/aromatic N) is 3. The molecule has 1 aromatic rings. The maximum absolute atomic E-state index is 11.3. The third-order valence-electron chi connectivity index (χ3n) is 2.81. The second kappa shape index (κ2) is 6.24. The lowest BCUT2D eigenvalue weighted by molar-refractivity contribution is 0.0596. The number of hydrogen-bond acceptors (Lipinski definition) is 5. The van der Waals surface area contributed by atoms with Gasteiger partial charge in [-0.2, -0.15) is 0 Å². The largest absolute Gasteiger partial charge is 0.464 e. The Morgan fingerprint density at radius 2 is 2.18 bits per heavy atom. The molecule has 0 aliphatic rings. The Kier molecular flexibility index (Phi) is 4.96. The maximum atomic E-state index is 11.3. The number of esters is 1. The van der Waals surface area contributed by atoms with E-state index in [2.05, 4.69) is 28.5 Å². The molecule has 0 spiro atoms. The fourth-order valence-electron chi connectivity index (χ4n) is 1.61. The second-order valence-electron chi connectivity index (χ2n) is 3.69. The van der Waals surface area contributed by atoms with Crippen LogP contribution in [-0.2, 0) is 11.3 Å². The molecule has 6 nitrogen and oxygen atoms in total. The van der Waals surface area contributed by atoms with Crippen LogP contribution in [0, 0.1) is 0 Å². The summed E-state index contributed by atoms with van der Waals surface area (Å²) in [5.41, 5.74) is 6.02. The number of aromatic nitrogens is 2. The molecule has 1 heterocycles. The van der Waals surface area contributed by atoms with Gasteiger partial charge in [-0.05, 0) is 13.1 Å². The van der Waals surface area contributed by atoms with Crippen LogP contribution in [0.1, 0.15) is 24.3 Å². The predicted octanol–water partition coefficient (Wildman–Crippen LogP) is 0.594. The first-order chi connectivity index (χ1) is 8.13. The van der Waals surface area contributed by atoms with Crippen LogP contribution in [0.2, 0.25) is 0 Å². The molecule has 0 bridgehead atoms. The number of nitrogen functional groups attached to an aromatic ring is 1. The van der Waals surface area contributed by atoms with E-state index in [-0.39, 0.29) is 5.69 Å². The molecule has 0 fully saturated rings. The molecule has 2 N–H and O–H groups in total. The number of carbonyl (C=O) groups excluding carboxylic acids is 1. The highest BCUT2D eigenvalue weighted by Gasteiger charge is 2.15. The average molecular weight is 240 g/mol. The molecule has 0 unspecified atom stereocenters. The lowest BCUT2D eigenvalue weighted by atomic mass is 10.4. The third-order valence-corrected chi connectivity index (χ3v) is 2.81. The minimum Gasteiger partial charge on any atom is -0.464 e. The molecule has 96 valence electrons. The summed E-state index contributed by atoms with van der Waals surface area (Å²) in [6.07, 6.45) is 1.57. The first kappa shape index (κ1) is 13.5. The molecule has 1 rings (SSSR count). The molecule has 0 aliphatic heterocycles. The van der Waals surface area contributed by atoms with E-state index >= 15 is 0 Å². The lowest BCUT2D eigenvalue weighted by Crippen LogP contribution is -2.27. The van der Waals surface area contributed by atoms with Crippen molar-refractivity contribution in [2.24, 2.45) is 0 Å². The van der Waals surface area contributed by atoms with E-state index in [0.717, 1.165) is 26.2 Å². The van der Waals surface area contributed by atoms with E-state index in [1.54, 1.807) is 10.9 Å². The molecule has 1 aromatic heterocycles. The average Bonchev–Trinajstić information content (AvgIpc) is 2.71. The Hall–Kier alpha value is -1.56. The first-order valence-corrected chi connectivity index (χ1v) is 5.75. The Morgan fingerprint density at radius 3 is 2.71 bits per heavy atom. The molecule has 17 heavy (non-hydrogen) atoms. The van der Waals surface area contributed by atoms with E-state index < -0.39 is 5.97 Å². The zero-order chi connectivity index (χ0) is 12.8. The smallest absolute Gasteiger partial charge is 0.360 e. The summed E-state index contributed by atoms with van der Waals surface area (Å²) in [6.45, 7) is 7.82. The van der Waals surface area contributed by atoms with Crippen LogP contribution in [-0.4, -0.2) is 47.2 Å². The van der Waals surface area contributed by atoms with Gasteiger partial charge in [0.25, 0.3) is 0 Å². The highest BCUT2D eigenvalue weighted by molar-refractivity contribution is 5.91. The molecule has 0 aromatic carbocycles. The fourth-order valence-corrected chi connectivity index (χ4v) is 1.61. The van der Waals surface area contributed by atoms with E-state index in [0.29, 0.717) is 5.82 Å². The summed E-state index contributed by atoms with van der Waals surface area (Å²) in [5, 5.41) is 0. The van der Waals surface area contributed by atoms with Crippen molar-refractivity contribution in [3.8, 4) is 0 Å². The second-order valence-corrected chi connectivity index (χ2v) is 3.69. The van der Waals surface area contributed by atoms with Gasteiger partial charge in [-0.25, -0.2) is 9.78 Å². The van der Waals surface area contributed by atoms with Crippen LogP contribution in [0.3, 0.4) is 0 Å². The number of anilines is 1. The maximum Gasteiger partial charge on any atom is 0.360 e. The number of likely N-dealkylation sites (N-methyl/N-ethyl adjacent to an activating group) is 1. The van der Waals surface area contributed by atoms with Gasteiger partial charge in [-0.3, -0.25) is 0 Å². The van der Waals surface area contributed by atoms with Gasteiger partial charge < -0.3 is 19.9 Å². The van der Waals surface area contributed by atoms with Crippen molar-refractivity contribution in [1.82, 2.24) is 14.5 Å². The van der Waals surface area contributed by atoms with Crippen molar-refractivity contribution < 1.29 is 9.53 Å². The zero-order valence-electron chi connectivity index (χ0n) is 10.6. The first-order valence-electron chi connectivity index (χ1n) is 5.75. The van der Waals surface area contributed by atoms with Gasteiger partial charge in [0.15, 0.2) is 5.69 Å². The molecular formula is C11H20N4O2. The molecule has 0 saturated heterocycles. The Balaban J connectivity index is 2.67. The van der Waals surface area contributed by atoms with Crippen LogP contribution in [0.25, 0.3) is 0 Å². The summed E-state index contributed by atoms with van der Waals surface area (Å²) >= 11 is 0. The van der Waals surface area contributed by atoms with Gasteiger partial charge >= 0.3 is 5.97 Å². The molecule has 0 atom stereocenters. The quantitative estimate of drug-likeness (QED) is 0.737. The lowest BCUT2D eigenvalue weighted by Gasteiger charge is -2.18. The highest BCUT2D eigenvalue weighted by atomic mass is 16.5. The minimum atomic E-state index is -0.496. The van der Waals surface area contributed by atoms with Gasteiger partial charge in [0.1, 0.15) is 5.82 Å². The molecule has 0 saturated carbocycles. The van der Waals surface area contributed by atoms with E-state index in [9.17, 15) is 4.79 Å². The number of rotatable bonds is 6. The van der Waals surface area contributed by atoms with Gasteiger partial charge in [-0.15, -0.1) is 0 Å². The Labute approximate surface area is 101 Å². The van der Waals surface area contributed by atoms with Crippen LogP contribution < -0.4 is 5.73 Å². The number of ether oxygens (including phenoxy) is 1. The van der Waals surface area contributed by atoms with Gasteiger partial charge in [0.2, 0.25) is 0 Å². The van der Waals surface area contributed by atoms with Crippen molar-refractivity contribution in [3.05, 3.63) is 12.0 Å². The highest BCUT2D eigenvalue weighted by Crippen LogP contribution is 2.11. The summed E-state index contributed by atoms with van der Waals surface area (Å²) in [7, 11) is 1.32. The molecule has 0 radical (unpaired) electrons. The number of methoxy groups -OCH3 is 1.